The molecule has 2 heterocycles. The van der Waals surface area contributed by atoms with Gasteiger partial charge in [0, 0.05) is 17.8 Å². The Hall–Kier alpha value is -1.08. The molecule has 7 heteroatoms. The van der Waals surface area contributed by atoms with E-state index in [0.29, 0.717) is 22.3 Å². The topological polar surface area (TPSA) is 63.2 Å². The Morgan fingerprint density at radius 1 is 1.38 bits per heavy atom. The Labute approximate surface area is 129 Å². The summed E-state index contributed by atoms with van der Waals surface area (Å²) in [5.41, 5.74) is 0.811. The summed E-state index contributed by atoms with van der Waals surface area (Å²) in [6.07, 6.45) is 9.83. The van der Waals surface area contributed by atoms with Crippen LogP contribution in [0.4, 0.5) is 5.82 Å². The quantitative estimate of drug-likeness (QED) is 0.631. The molecule has 1 saturated carbocycles. The first-order chi connectivity index (χ1) is 10.1. The number of nitrogens with zero attached hydrogens (tertiary/aromatic N) is 3. The third-order valence-electron chi connectivity index (χ3n) is 4.08. The van der Waals surface area contributed by atoms with E-state index in [9.17, 15) is 8.42 Å². The van der Waals surface area contributed by atoms with Gasteiger partial charge in [0.2, 0.25) is 0 Å². The highest BCUT2D eigenvalue weighted by Crippen LogP contribution is 2.39. The summed E-state index contributed by atoms with van der Waals surface area (Å²) in [6, 6.07) is 0.0357. The molecule has 2 aliphatic rings. The van der Waals surface area contributed by atoms with E-state index in [-0.39, 0.29) is 6.04 Å². The van der Waals surface area contributed by atoms with Gasteiger partial charge in [-0.2, -0.15) is 0 Å². The Morgan fingerprint density at radius 2 is 2.10 bits per heavy atom. The van der Waals surface area contributed by atoms with Crippen molar-refractivity contribution in [3.8, 4) is 0 Å². The molecule has 0 saturated heterocycles. The van der Waals surface area contributed by atoms with Gasteiger partial charge < -0.3 is 0 Å². The maximum absolute atomic E-state index is 12.9. The molecule has 0 amide bonds. The molecule has 5 nitrogen and oxygen atoms in total. The van der Waals surface area contributed by atoms with Crippen LogP contribution in [-0.4, -0.2) is 30.7 Å². The van der Waals surface area contributed by atoms with Gasteiger partial charge in [0.1, 0.15) is 0 Å². The lowest BCUT2D eigenvalue weighted by atomic mass is 10.2. The number of sulfonamides is 1. The molecule has 3 rings (SSSR count). The average molecular weight is 325 g/mol. The molecule has 21 heavy (non-hydrogen) atoms. The standard InChI is InChI=1S/C14H19N3O2S2/c1-3-12-8-10-9-15-14(20-2)16-13(10)17(21(12,18)19)11-6-4-5-7-11/h8-9,11H,3-7H2,1-2H3. The van der Waals surface area contributed by atoms with Crippen LogP contribution in [0.1, 0.15) is 44.6 Å². The Kier molecular flexibility index (Phi) is 3.96. The molecule has 1 fully saturated rings. The van der Waals surface area contributed by atoms with Crippen LogP contribution in [0.2, 0.25) is 0 Å². The summed E-state index contributed by atoms with van der Waals surface area (Å²) in [5.74, 6) is 0.554. The van der Waals surface area contributed by atoms with Crippen LogP contribution in [0.3, 0.4) is 0 Å². The molecule has 1 aliphatic heterocycles. The van der Waals surface area contributed by atoms with Crippen molar-refractivity contribution in [2.75, 3.05) is 10.6 Å². The minimum Gasteiger partial charge on any atom is -0.246 e. The van der Waals surface area contributed by atoms with Gasteiger partial charge in [-0.15, -0.1) is 0 Å². The lowest BCUT2D eigenvalue weighted by molar-refractivity contribution is 0.576. The molecular weight excluding hydrogens is 306 g/mol. The normalized spacial score (nSPS) is 21.2. The summed E-state index contributed by atoms with van der Waals surface area (Å²) in [6.45, 7) is 1.87. The van der Waals surface area contributed by atoms with Crippen molar-refractivity contribution in [2.24, 2.45) is 0 Å². The second-order valence-corrected chi connectivity index (χ2v) is 7.98. The second-order valence-electron chi connectivity index (χ2n) is 5.34. The van der Waals surface area contributed by atoms with E-state index >= 15 is 0 Å². The van der Waals surface area contributed by atoms with Gasteiger partial charge in [-0.25, -0.2) is 22.7 Å². The van der Waals surface area contributed by atoms with Crippen molar-refractivity contribution in [3.05, 3.63) is 16.7 Å². The highest BCUT2D eigenvalue weighted by molar-refractivity contribution is 7.98. The first-order valence-corrected chi connectivity index (χ1v) is 9.90. The number of anilines is 1. The van der Waals surface area contributed by atoms with Crippen molar-refractivity contribution in [2.45, 2.75) is 50.2 Å². The van der Waals surface area contributed by atoms with Crippen molar-refractivity contribution in [3.63, 3.8) is 0 Å². The van der Waals surface area contributed by atoms with E-state index in [2.05, 4.69) is 9.97 Å². The second kappa shape index (κ2) is 5.61. The molecule has 0 radical (unpaired) electrons. The van der Waals surface area contributed by atoms with Crippen molar-refractivity contribution >= 4 is 33.7 Å². The number of thioether (sulfide) groups is 1. The predicted octanol–water partition coefficient (Wildman–Crippen LogP) is 3.04. The molecule has 0 N–H and O–H groups in total. The van der Waals surface area contributed by atoms with E-state index in [1.165, 1.54) is 11.8 Å². The van der Waals surface area contributed by atoms with Crippen molar-refractivity contribution in [1.82, 2.24) is 9.97 Å². The Bertz CT molecular complexity index is 679. The average Bonchev–Trinajstić information content (AvgIpc) is 2.98. The number of rotatable bonds is 3. The zero-order chi connectivity index (χ0) is 15.0. The largest absolute Gasteiger partial charge is 0.261 e. The summed E-state index contributed by atoms with van der Waals surface area (Å²) in [7, 11) is -3.44. The smallest absolute Gasteiger partial charge is 0.246 e. The number of hydrogen-bond donors (Lipinski definition) is 0. The molecule has 0 aromatic carbocycles. The third kappa shape index (κ3) is 2.46. The highest BCUT2D eigenvalue weighted by Gasteiger charge is 2.39. The number of aromatic nitrogens is 2. The molecule has 1 aromatic heterocycles. The molecule has 0 bridgehead atoms. The first-order valence-electron chi connectivity index (χ1n) is 7.24. The summed E-state index contributed by atoms with van der Waals surface area (Å²) < 4.78 is 27.3. The summed E-state index contributed by atoms with van der Waals surface area (Å²) in [5, 5.41) is 0.611. The first kappa shape index (κ1) is 14.8. The Morgan fingerprint density at radius 3 is 2.71 bits per heavy atom. The zero-order valence-electron chi connectivity index (χ0n) is 12.2. The van der Waals surface area contributed by atoms with Gasteiger partial charge in [-0.3, -0.25) is 0 Å². The van der Waals surface area contributed by atoms with Gasteiger partial charge in [0.05, 0.1) is 4.91 Å². The van der Waals surface area contributed by atoms with Crippen LogP contribution in [0.5, 0.6) is 0 Å². The van der Waals surface area contributed by atoms with Crippen LogP contribution in [0, 0.1) is 0 Å². The summed E-state index contributed by atoms with van der Waals surface area (Å²) in [4.78, 5) is 9.21. The van der Waals surface area contributed by atoms with E-state index in [0.717, 1.165) is 31.2 Å². The van der Waals surface area contributed by atoms with Crippen LogP contribution in [0.15, 0.2) is 16.3 Å². The fraction of sp³-hybridized carbons (Fsp3) is 0.571. The lowest BCUT2D eigenvalue weighted by Crippen LogP contribution is -2.42. The maximum Gasteiger partial charge on any atom is 0.261 e. The molecule has 0 unspecified atom stereocenters. The van der Waals surface area contributed by atoms with Crippen LogP contribution < -0.4 is 4.31 Å². The fourth-order valence-corrected chi connectivity index (χ4v) is 5.23. The molecule has 1 aromatic rings. The van der Waals surface area contributed by atoms with Crippen molar-refractivity contribution in [1.29, 1.82) is 0 Å². The lowest BCUT2D eigenvalue weighted by Gasteiger charge is -2.33. The summed E-state index contributed by atoms with van der Waals surface area (Å²) >= 11 is 1.43. The number of hydrogen-bond acceptors (Lipinski definition) is 5. The highest BCUT2D eigenvalue weighted by atomic mass is 32.2. The van der Waals surface area contributed by atoms with Gasteiger partial charge in [-0.05, 0) is 31.6 Å². The maximum atomic E-state index is 12.9. The molecule has 0 spiro atoms. The molecule has 1 aliphatic carbocycles. The molecule has 0 atom stereocenters. The fourth-order valence-electron chi connectivity index (χ4n) is 3.02. The van der Waals surface area contributed by atoms with E-state index in [4.69, 9.17) is 0 Å². The number of fused-ring (bicyclic) bond motifs is 1. The van der Waals surface area contributed by atoms with Crippen LogP contribution >= 0.6 is 11.8 Å². The van der Waals surface area contributed by atoms with E-state index in [1.54, 1.807) is 16.6 Å². The molecule has 114 valence electrons. The molecular formula is C14H19N3O2S2. The zero-order valence-corrected chi connectivity index (χ0v) is 13.9. The third-order valence-corrected chi connectivity index (χ3v) is 6.70. The number of allylic oxidation sites excluding steroid dienone is 1. The van der Waals surface area contributed by atoms with Gasteiger partial charge in [-0.1, -0.05) is 31.5 Å². The monoisotopic (exact) mass is 325 g/mol. The minimum atomic E-state index is -3.44. The van der Waals surface area contributed by atoms with Crippen LogP contribution in [-0.2, 0) is 10.0 Å². The van der Waals surface area contributed by atoms with Gasteiger partial charge in [0.25, 0.3) is 10.0 Å². The van der Waals surface area contributed by atoms with E-state index in [1.807, 2.05) is 13.2 Å². The SMILES string of the molecule is CCC1=Cc2cnc(SC)nc2N(C2CCCC2)S1(=O)=O. The van der Waals surface area contributed by atoms with Gasteiger partial charge >= 0.3 is 0 Å². The van der Waals surface area contributed by atoms with Gasteiger partial charge in [0.15, 0.2) is 11.0 Å². The predicted molar refractivity (Wildman–Crippen MR) is 85.7 cm³/mol. The van der Waals surface area contributed by atoms with E-state index < -0.39 is 10.0 Å². The van der Waals surface area contributed by atoms with Crippen LogP contribution in [0.25, 0.3) is 6.08 Å². The minimum absolute atomic E-state index is 0.0357. The Balaban J connectivity index is 2.18. The van der Waals surface area contributed by atoms with Crippen molar-refractivity contribution < 1.29 is 8.42 Å².